The Balaban J connectivity index is 2.26. The lowest BCUT2D eigenvalue weighted by molar-refractivity contribution is 0.628. The molecule has 0 heterocycles. The summed E-state index contributed by atoms with van der Waals surface area (Å²) in [6.45, 7) is 0.855. The van der Waals surface area contributed by atoms with Crippen LogP contribution in [0.25, 0.3) is 0 Å². The Labute approximate surface area is 105 Å². The Morgan fingerprint density at radius 3 is 2.69 bits per heavy atom. The van der Waals surface area contributed by atoms with Crippen molar-refractivity contribution in [2.45, 2.75) is 6.42 Å². The maximum absolute atomic E-state index is 12.6. The average Bonchev–Trinajstić information content (AvgIpc) is 2.28. The lowest BCUT2D eigenvalue weighted by Gasteiger charge is -2.09. The predicted octanol–water partition coefficient (Wildman–Crippen LogP) is 2.87. The van der Waals surface area contributed by atoms with Gasteiger partial charge in [-0.15, -0.1) is 0 Å². The Morgan fingerprint density at radius 1 is 1.38 bits per heavy atom. The first-order valence-electron chi connectivity index (χ1n) is 5.01. The fourth-order valence-electron chi connectivity index (χ4n) is 1.13. The molecule has 0 unspecified atom stereocenters. The number of thiocarbonyl (C=S) groups is 1. The zero-order chi connectivity index (χ0) is 11.8. The van der Waals surface area contributed by atoms with Gasteiger partial charge in [0.25, 0.3) is 0 Å². The molecule has 1 aromatic rings. The van der Waals surface area contributed by atoms with Crippen LogP contribution >= 0.6 is 24.0 Å². The van der Waals surface area contributed by atoms with Gasteiger partial charge in [-0.3, -0.25) is 0 Å². The van der Waals surface area contributed by atoms with E-state index in [9.17, 15) is 4.39 Å². The quantitative estimate of drug-likeness (QED) is 0.626. The highest BCUT2D eigenvalue weighted by atomic mass is 32.2. The normalized spacial score (nSPS) is 9.88. The second-order valence-electron chi connectivity index (χ2n) is 3.23. The fraction of sp³-hybridized carbons (Fsp3) is 0.364. The standard InChI is InChI=1S/C11H15FN2S2/c1-16-8-2-7-13-11(15)14-10-5-3-9(12)4-6-10/h3-6H,2,7-8H2,1H3,(H2,13,14,15). The summed E-state index contributed by atoms with van der Waals surface area (Å²) in [7, 11) is 0. The zero-order valence-electron chi connectivity index (χ0n) is 9.13. The summed E-state index contributed by atoms with van der Waals surface area (Å²) >= 11 is 6.91. The molecule has 2 nitrogen and oxygen atoms in total. The molecule has 0 saturated heterocycles. The molecule has 1 aromatic carbocycles. The fourth-order valence-corrected chi connectivity index (χ4v) is 1.78. The van der Waals surface area contributed by atoms with Crippen LogP contribution in [-0.2, 0) is 0 Å². The van der Waals surface area contributed by atoms with Crippen molar-refractivity contribution in [3.05, 3.63) is 30.1 Å². The number of hydrogen-bond acceptors (Lipinski definition) is 2. The predicted molar refractivity (Wildman–Crippen MR) is 73.6 cm³/mol. The number of nitrogens with one attached hydrogen (secondary N) is 2. The van der Waals surface area contributed by atoms with Gasteiger partial charge >= 0.3 is 0 Å². The number of anilines is 1. The van der Waals surface area contributed by atoms with E-state index >= 15 is 0 Å². The van der Waals surface area contributed by atoms with E-state index in [2.05, 4.69) is 16.9 Å². The van der Waals surface area contributed by atoms with Crippen LogP contribution in [0.2, 0.25) is 0 Å². The van der Waals surface area contributed by atoms with E-state index in [1.165, 1.54) is 12.1 Å². The van der Waals surface area contributed by atoms with E-state index in [0.29, 0.717) is 5.11 Å². The molecule has 16 heavy (non-hydrogen) atoms. The first-order valence-corrected chi connectivity index (χ1v) is 6.82. The molecule has 2 N–H and O–H groups in total. The maximum Gasteiger partial charge on any atom is 0.170 e. The number of rotatable bonds is 5. The van der Waals surface area contributed by atoms with Crippen molar-refractivity contribution in [3.8, 4) is 0 Å². The molecule has 0 amide bonds. The summed E-state index contributed by atoms with van der Waals surface area (Å²) in [5, 5.41) is 6.66. The van der Waals surface area contributed by atoms with E-state index in [-0.39, 0.29) is 5.82 Å². The van der Waals surface area contributed by atoms with Gasteiger partial charge in [0.15, 0.2) is 5.11 Å². The topological polar surface area (TPSA) is 24.1 Å². The minimum Gasteiger partial charge on any atom is -0.362 e. The van der Waals surface area contributed by atoms with Crippen LogP contribution in [0.3, 0.4) is 0 Å². The van der Waals surface area contributed by atoms with Crippen molar-refractivity contribution in [3.63, 3.8) is 0 Å². The van der Waals surface area contributed by atoms with Crippen LogP contribution in [0.5, 0.6) is 0 Å². The van der Waals surface area contributed by atoms with Gasteiger partial charge in [-0.05, 0) is 54.9 Å². The van der Waals surface area contributed by atoms with E-state index in [0.717, 1.165) is 24.4 Å². The van der Waals surface area contributed by atoms with Gasteiger partial charge in [0, 0.05) is 12.2 Å². The van der Waals surface area contributed by atoms with Crippen LogP contribution in [0.15, 0.2) is 24.3 Å². The van der Waals surface area contributed by atoms with Gasteiger partial charge in [-0.1, -0.05) is 0 Å². The number of benzene rings is 1. The number of halogens is 1. The van der Waals surface area contributed by atoms with Gasteiger partial charge in [0.05, 0.1) is 0 Å². The third kappa shape index (κ3) is 5.32. The van der Waals surface area contributed by atoms with Crippen molar-refractivity contribution < 1.29 is 4.39 Å². The van der Waals surface area contributed by atoms with Crippen LogP contribution in [0.4, 0.5) is 10.1 Å². The lowest BCUT2D eigenvalue weighted by Crippen LogP contribution is -2.29. The van der Waals surface area contributed by atoms with E-state index in [4.69, 9.17) is 12.2 Å². The zero-order valence-corrected chi connectivity index (χ0v) is 10.8. The highest BCUT2D eigenvalue weighted by Gasteiger charge is 1.97. The molecule has 0 aromatic heterocycles. The molecular formula is C11H15FN2S2. The van der Waals surface area contributed by atoms with Gasteiger partial charge in [0.1, 0.15) is 5.82 Å². The number of hydrogen-bond donors (Lipinski definition) is 2. The Bertz CT molecular complexity index is 327. The van der Waals surface area contributed by atoms with E-state index < -0.39 is 0 Å². The minimum atomic E-state index is -0.246. The SMILES string of the molecule is CSCCCNC(=S)Nc1ccc(F)cc1. The third-order valence-electron chi connectivity index (χ3n) is 1.91. The first-order chi connectivity index (χ1) is 7.72. The molecule has 0 spiro atoms. The maximum atomic E-state index is 12.6. The second-order valence-corrected chi connectivity index (χ2v) is 4.63. The number of thioether (sulfide) groups is 1. The van der Waals surface area contributed by atoms with Gasteiger partial charge in [-0.25, -0.2) is 4.39 Å². The minimum absolute atomic E-state index is 0.246. The van der Waals surface area contributed by atoms with Crippen molar-refractivity contribution in [2.24, 2.45) is 0 Å². The summed E-state index contributed by atoms with van der Waals surface area (Å²) in [5.74, 6) is 0.871. The molecule has 1 rings (SSSR count). The molecule has 0 radical (unpaired) electrons. The Hall–Kier alpha value is -0.810. The van der Waals surface area contributed by atoms with E-state index in [1.54, 1.807) is 12.1 Å². The summed E-state index contributed by atoms with van der Waals surface area (Å²) in [5.41, 5.74) is 0.795. The second kappa shape index (κ2) is 7.46. The first kappa shape index (κ1) is 13.3. The van der Waals surface area contributed by atoms with Crippen molar-refractivity contribution >= 4 is 34.8 Å². The summed E-state index contributed by atoms with van der Waals surface area (Å²) in [4.78, 5) is 0. The molecule has 88 valence electrons. The lowest BCUT2D eigenvalue weighted by atomic mass is 10.3. The molecular weight excluding hydrogens is 243 g/mol. The smallest absolute Gasteiger partial charge is 0.170 e. The van der Waals surface area contributed by atoms with Crippen molar-refractivity contribution in [2.75, 3.05) is 23.9 Å². The van der Waals surface area contributed by atoms with Crippen molar-refractivity contribution in [1.29, 1.82) is 0 Å². The molecule has 0 fully saturated rings. The van der Waals surface area contributed by atoms with Crippen LogP contribution < -0.4 is 10.6 Å². The Kier molecular flexibility index (Phi) is 6.18. The van der Waals surface area contributed by atoms with Gasteiger partial charge in [-0.2, -0.15) is 11.8 Å². The third-order valence-corrected chi connectivity index (χ3v) is 2.86. The summed E-state index contributed by atoms with van der Waals surface area (Å²) in [6.07, 6.45) is 3.15. The molecule has 0 aliphatic carbocycles. The molecule has 0 saturated carbocycles. The van der Waals surface area contributed by atoms with Crippen LogP contribution in [0.1, 0.15) is 6.42 Å². The van der Waals surface area contributed by atoms with E-state index in [1.807, 2.05) is 11.8 Å². The van der Waals surface area contributed by atoms with Gasteiger partial charge in [0.2, 0.25) is 0 Å². The molecule has 0 bridgehead atoms. The molecule has 5 heteroatoms. The molecule has 0 aliphatic rings. The van der Waals surface area contributed by atoms with Crippen LogP contribution in [-0.4, -0.2) is 23.7 Å². The van der Waals surface area contributed by atoms with Crippen molar-refractivity contribution in [1.82, 2.24) is 5.32 Å². The molecule has 0 atom stereocenters. The summed E-state index contributed by atoms with van der Waals surface area (Å²) < 4.78 is 12.6. The highest BCUT2D eigenvalue weighted by Crippen LogP contribution is 2.07. The highest BCUT2D eigenvalue weighted by molar-refractivity contribution is 7.98. The molecule has 0 aliphatic heterocycles. The Morgan fingerprint density at radius 2 is 2.06 bits per heavy atom. The largest absolute Gasteiger partial charge is 0.362 e. The van der Waals surface area contributed by atoms with Gasteiger partial charge < -0.3 is 10.6 Å². The summed E-state index contributed by atoms with van der Waals surface area (Å²) in [6, 6.07) is 6.12. The van der Waals surface area contributed by atoms with Crippen LogP contribution in [0, 0.1) is 5.82 Å². The monoisotopic (exact) mass is 258 g/mol. The average molecular weight is 258 g/mol.